The minimum Gasteiger partial charge on any atom is -0.342 e. The van der Waals surface area contributed by atoms with Crippen LogP contribution in [0.1, 0.15) is 46.0 Å². The van der Waals surface area contributed by atoms with Gasteiger partial charge in [0.05, 0.1) is 12.2 Å². The van der Waals surface area contributed by atoms with Gasteiger partial charge in [-0.25, -0.2) is 17.7 Å². The maximum absolute atomic E-state index is 13.4. The Bertz CT molecular complexity index is 697. The molecule has 4 saturated heterocycles. The number of piperidine rings is 3. The standard InChI is InChI=1S/C21H38N4O3S/c1-15-10-16(2)14-23(13-15)21(26)19-12-22-25-9-6-18(11-20(19)25)17-4-7-24(8-5-17)29(3,27)28/h15-20,22H,4-14H2,1-3H3. The lowest BCUT2D eigenvalue weighted by atomic mass is 9.75. The molecular formula is C21H38N4O3S. The van der Waals surface area contributed by atoms with E-state index in [1.807, 2.05) is 0 Å². The molecule has 7 nitrogen and oxygen atoms in total. The van der Waals surface area contributed by atoms with Gasteiger partial charge in [0.1, 0.15) is 0 Å². The minimum absolute atomic E-state index is 0.0615. The summed E-state index contributed by atoms with van der Waals surface area (Å²) in [5, 5.41) is 2.32. The summed E-state index contributed by atoms with van der Waals surface area (Å²) >= 11 is 0. The molecule has 0 aliphatic carbocycles. The van der Waals surface area contributed by atoms with Gasteiger partial charge in [-0.2, -0.15) is 0 Å². The first-order valence-electron chi connectivity index (χ1n) is 11.5. The Morgan fingerprint density at radius 2 is 1.55 bits per heavy atom. The number of sulfonamides is 1. The molecule has 0 bridgehead atoms. The maximum Gasteiger partial charge on any atom is 0.228 e. The maximum atomic E-state index is 13.4. The second-order valence-electron chi connectivity index (χ2n) is 10.2. The Hall–Kier alpha value is -0.700. The molecule has 0 aromatic carbocycles. The van der Waals surface area contributed by atoms with Crippen LogP contribution in [0, 0.1) is 29.6 Å². The summed E-state index contributed by atoms with van der Waals surface area (Å²) in [6.45, 7) is 9.39. The summed E-state index contributed by atoms with van der Waals surface area (Å²) in [4.78, 5) is 15.5. The van der Waals surface area contributed by atoms with Crippen molar-refractivity contribution in [1.29, 1.82) is 0 Å². The van der Waals surface area contributed by atoms with Crippen molar-refractivity contribution >= 4 is 15.9 Å². The van der Waals surface area contributed by atoms with E-state index in [1.165, 1.54) is 12.7 Å². The van der Waals surface area contributed by atoms with Gasteiger partial charge in [-0.05, 0) is 55.8 Å². The smallest absolute Gasteiger partial charge is 0.228 e. The lowest BCUT2D eigenvalue weighted by Gasteiger charge is -2.43. The molecule has 1 N–H and O–H groups in total. The quantitative estimate of drug-likeness (QED) is 0.738. The highest BCUT2D eigenvalue weighted by molar-refractivity contribution is 7.88. The van der Waals surface area contributed by atoms with Crippen LogP contribution in [0.5, 0.6) is 0 Å². The second-order valence-corrected chi connectivity index (χ2v) is 12.2. The van der Waals surface area contributed by atoms with Crippen molar-refractivity contribution in [2.24, 2.45) is 29.6 Å². The third kappa shape index (κ3) is 4.65. The average Bonchev–Trinajstić information content (AvgIpc) is 3.09. The van der Waals surface area contributed by atoms with Crippen LogP contribution < -0.4 is 5.43 Å². The molecule has 4 aliphatic heterocycles. The van der Waals surface area contributed by atoms with Gasteiger partial charge >= 0.3 is 0 Å². The van der Waals surface area contributed by atoms with Crippen LogP contribution in [0.15, 0.2) is 0 Å². The first-order chi connectivity index (χ1) is 13.7. The Morgan fingerprint density at radius 1 is 0.931 bits per heavy atom. The Balaban J connectivity index is 1.37. The van der Waals surface area contributed by atoms with E-state index in [2.05, 4.69) is 29.2 Å². The van der Waals surface area contributed by atoms with E-state index in [0.717, 1.165) is 51.9 Å². The van der Waals surface area contributed by atoms with Gasteiger partial charge in [-0.15, -0.1) is 0 Å². The molecule has 8 heteroatoms. The summed E-state index contributed by atoms with van der Waals surface area (Å²) in [6, 6.07) is 0.293. The number of fused-ring (bicyclic) bond motifs is 1. The van der Waals surface area contributed by atoms with E-state index in [4.69, 9.17) is 0 Å². The number of carbonyl (C=O) groups excluding carboxylic acids is 1. The number of likely N-dealkylation sites (tertiary alicyclic amines) is 1. The third-order valence-electron chi connectivity index (χ3n) is 7.80. The number of hydrogen-bond donors (Lipinski definition) is 1. The number of carbonyl (C=O) groups is 1. The van der Waals surface area contributed by atoms with Crippen LogP contribution in [-0.2, 0) is 14.8 Å². The molecule has 4 aliphatic rings. The fraction of sp³-hybridized carbons (Fsp3) is 0.952. The molecule has 4 heterocycles. The van der Waals surface area contributed by atoms with E-state index in [0.29, 0.717) is 48.7 Å². The van der Waals surface area contributed by atoms with Crippen molar-refractivity contribution < 1.29 is 13.2 Å². The molecule has 0 aromatic heterocycles. The van der Waals surface area contributed by atoms with E-state index in [9.17, 15) is 13.2 Å². The summed E-state index contributed by atoms with van der Waals surface area (Å²) in [5.41, 5.74) is 3.50. The molecule has 1 amide bonds. The number of hydrogen-bond acceptors (Lipinski definition) is 5. The first kappa shape index (κ1) is 21.5. The van der Waals surface area contributed by atoms with Crippen LogP contribution in [0.2, 0.25) is 0 Å². The largest absolute Gasteiger partial charge is 0.342 e. The van der Waals surface area contributed by atoms with Crippen molar-refractivity contribution in [3.63, 3.8) is 0 Å². The van der Waals surface area contributed by atoms with E-state index in [1.54, 1.807) is 4.31 Å². The van der Waals surface area contributed by atoms with E-state index in [-0.39, 0.29) is 5.92 Å². The SMILES string of the molecule is CC1CC(C)CN(C(=O)C2CNN3CCC(C4CCN(S(C)(=O)=O)CC4)CC23)C1. The van der Waals surface area contributed by atoms with Crippen molar-refractivity contribution in [1.82, 2.24) is 19.6 Å². The van der Waals surface area contributed by atoms with Crippen LogP contribution in [0.4, 0.5) is 0 Å². The number of rotatable bonds is 3. The summed E-state index contributed by atoms with van der Waals surface area (Å²) in [7, 11) is -3.07. The topological polar surface area (TPSA) is 73.0 Å². The third-order valence-corrected chi connectivity index (χ3v) is 9.10. The van der Waals surface area contributed by atoms with Crippen molar-refractivity contribution in [3.8, 4) is 0 Å². The van der Waals surface area contributed by atoms with Crippen molar-refractivity contribution in [3.05, 3.63) is 0 Å². The fourth-order valence-corrected chi connectivity index (χ4v) is 7.27. The van der Waals surface area contributed by atoms with E-state index >= 15 is 0 Å². The molecule has 0 spiro atoms. The van der Waals surface area contributed by atoms with Crippen molar-refractivity contribution in [2.75, 3.05) is 45.5 Å². The number of nitrogens with zero attached hydrogens (tertiary/aromatic N) is 3. The Morgan fingerprint density at radius 3 is 2.17 bits per heavy atom. The molecule has 4 rings (SSSR count). The first-order valence-corrected chi connectivity index (χ1v) is 13.3. The van der Waals surface area contributed by atoms with Gasteiger partial charge in [0.2, 0.25) is 15.9 Å². The molecule has 166 valence electrons. The van der Waals surface area contributed by atoms with Crippen molar-refractivity contribution in [2.45, 2.75) is 52.0 Å². The van der Waals surface area contributed by atoms with Crippen LogP contribution in [0.3, 0.4) is 0 Å². The molecule has 0 saturated carbocycles. The van der Waals surface area contributed by atoms with Gasteiger partial charge in [0.25, 0.3) is 0 Å². The Kier molecular flexibility index (Phi) is 6.27. The average molecular weight is 427 g/mol. The minimum atomic E-state index is -3.07. The zero-order chi connectivity index (χ0) is 20.8. The summed E-state index contributed by atoms with van der Waals surface area (Å²) < 4.78 is 25.2. The normalized spacial score (nSPS) is 38.2. The summed E-state index contributed by atoms with van der Waals surface area (Å²) in [5.74, 6) is 2.77. The monoisotopic (exact) mass is 426 g/mol. The van der Waals surface area contributed by atoms with Gasteiger partial charge in [0.15, 0.2) is 0 Å². The highest BCUT2D eigenvalue weighted by atomic mass is 32.2. The number of hydrazine groups is 1. The van der Waals surface area contributed by atoms with Crippen LogP contribution in [-0.4, -0.2) is 80.1 Å². The molecule has 0 aromatic rings. The van der Waals surface area contributed by atoms with E-state index < -0.39 is 10.0 Å². The second kappa shape index (κ2) is 8.44. The zero-order valence-corrected chi connectivity index (χ0v) is 19.0. The van der Waals surface area contributed by atoms with Gasteiger partial charge in [0, 0.05) is 45.3 Å². The number of nitrogens with one attached hydrogen (secondary N) is 1. The predicted octanol–water partition coefficient (Wildman–Crippen LogP) is 1.38. The number of amides is 1. The van der Waals surface area contributed by atoms with Crippen LogP contribution >= 0.6 is 0 Å². The fourth-order valence-electron chi connectivity index (χ4n) is 6.39. The highest BCUT2D eigenvalue weighted by Crippen LogP contribution is 2.39. The highest BCUT2D eigenvalue weighted by Gasteiger charge is 2.46. The zero-order valence-electron chi connectivity index (χ0n) is 18.2. The molecular weight excluding hydrogens is 388 g/mol. The van der Waals surface area contributed by atoms with Gasteiger partial charge in [-0.3, -0.25) is 10.2 Å². The molecule has 5 unspecified atom stereocenters. The van der Waals surface area contributed by atoms with Crippen LogP contribution in [0.25, 0.3) is 0 Å². The predicted molar refractivity (Wildman–Crippen MR) is 113 cm³/mol. The van der Waals surface area contributed by atoms with Gasteiger partial charge in [-0.1, -0.05) is 13.8 Å². The molecule has 0 radical (unpaired) electrons. The molecule has 5 atom stereocenters. The molecule has 29 heavy (non-hydrogen) atoms. The van der Waals surface area contributed by atoms with Gasteiger partial charge < -0.3 is 4.90 Å². The Labute approximate surface area is 176 Å². The summed E-state index contributed by atoms with van der Waals surface area (Å²) in [6.07, 6.45) is 6.65. The molecule has 4 fully saturated rings. The lowest BCUT2D eigenvalue weighted by molar-refractivity contribution is -0.139. The lowest BCUT2D eigenvalue weighted by Crippen LogP contribution is -2.51.